The van der Waals surface area contributed by atoms with Gasteiger partial charge >= 0.3 is 0 Å². The Balaban J connectivity index is 2.02. The Kier molecular flexibility index (Phi) is 4.80. The fraction of sp³-hybridized carbons (Fsp3) is 0.533. The van der Waals surface area contributed by atoms with Crippen molar-refractivity contribution in [2.75, 3.05) is 18.5 Å². The SMILES string of the molecule is CCOc1ccccc1NC(=O)C1CCNC(C)C1. The molecule has 0 aliphatic carbocycles. The van der Waals surface area contributed by atoms with Gasteiger partial charge in [0.05, 0.1) is 12.3 Å². The van der Waals surface area contributed by atoms with E-state index in [0.29, 0.717) is 12.6 Å². The molecule has 1 aliphatic rings. The van der Waals surface area contributed by atoms with Gasteiger partial charge < -0.3 is 15.4 Å². The van der Waals surface area contributed by atoms with Crippen molar-refractivity contribution < 1.29 is 9.53 Å². The fourth-order valence-corrected chi connectivity index (χ4v) is 2.46. The molecule has 0 radical (unpaired) electrons. The number of piperidine rings is 1. The van der Waals surface area contributed by atoms with Crippen LogP contribution in [0.1, 0.15) is 26.7 Å². The van der Waals surface area contributed by atoms with Crippen LogP contribution in [0.2, 0.25) is 0 Å². The number of amides is 1. The maximum absolute atomic E-state index is 12.3. The predicted molar refractivity (Wildman–Crippen MR) is 76.4 cm³/mol. The molecule has 2 rings (SSSR count). The molecule has 0 saturated carbocycles. The standard InChI is InChI=1S/C15H22N2O2/c1-3-19-14-7-5-4-6-13(14)17-15(18)12-8-9-16-11(2)10-12/h4-7,11-12,16H,3,8-10H2,1-2H3,(H,17,18). The monoisotopic (exact) mass is 262 g/mol. The van der Waals surface area contributed by atoms with Crippen molar-refractivity contribution in [1.82, 2.24) is 5.32 Å². The summed E-state index contributed by atoms with van der Waals surface area (Å²) >= 11 is 0. The third-order valence-corrected chi connectivity index (χ3v) is 3.44. The van der Waals surface area contributed by atoms with Crippen LogP contribution in [0.25, 0.3) is 0 Å². The lowest BCUT2D eigenvalue weighted by Gasteiger charge is -2.27. The summed E-state index contributed by atoms with van der Waals surface area (Å²) in [4.78, 5) is 12.3. The summed E-state index contributed by atoms with van der Waals surface area (Å²) in [5, 5.41) is 6.35. The van der Waals surface area contributed by atoms with Crippen molar-refractivity contribution in [2.24, 2.45) is 5.92 Å². The molecule has 4 heteroatoms. The zero-order valence-corrected chi connectivity index (χ0v) is 11.6. The minimum Gasteiger partial charge on any atom is -0.492 e. The first kappa shape index (κ1) is 13.9. The number of carbonyl (C=O) groups is 1. The molecule has 0 bridgehead atoms. The highest BCUT2D eigenvalue weighted by atomic mass is 16.5. The molecule has 1 aromatic rings. The van der Waals surface area contributed by atoms with E-state index >= 15 is 0 Å². The zero-order chi connectivity index (χ0) is 13.7. The van der Waals surface area contributed by atoms with Crippen LogP contribution < -0.4 is 15.4 Å². The number of hydrogen-bond donors (Lipinski definition) is 2. The molecule has 0 aromatic heterocycles. The molecule has 1 aliphatic heterocycles. The molecule has 2 N–H and O–H groups in total. The summed E-state index contributed by atoms with van der Waals surface area (Å²) in [6, 6.07) is 7.99. The first-order valence-corrected chi connectivity index (χ1v) is 6.96. The van der Waals surface area contributed by atoms with E-state index in [2.05, 4.69) is 17.6 Å². The molecular formula is C15H22N2O2. The number of nitrogens with one attached hydrogen (secondary N) is 2. The van der Waals surface area contributed by atoms with Gasteiger partial charge in [-0.25, -0.2) is 0 Å². The molecule has 1 amide bonds. The number of para-hydroxylation sites is 2. The highest BCUT2D eigenvalue weighted by Gasteiger charge is 2.25. The smallest absolute Gasteiger partial charge is 0.227 e. The molecule has 19 heavy (non-hydrogen) atoms. The van der Waals surface area contributed by atoms with Gasteiger partial charge in [0.15, 0.2) is 0 Å². The Morgan fingerprint density at radius 1 is 1.47 bits per heavy atom. The van der Waals surface area contributed by atoms with Gasteiger partial charge in [-0.1, -0.05) is 12.1 Å². The van der Waals surface area contributed by atoms with E-state index in [9.17, 15) is 4.79 Å². The van der Waals surface area contributed by atoms with Crippen LogP contribution in [-0.4, -0.2) is 25.1 Å². The van der Waals surface area contributed by atoms with Crippen LogP contribution in [0.4, 0.5) is 5.69 Å². The van der Waals surface area contributed by atoms with E-state index in [4.69, 9.17) is 4.74 Å². The maximum atomic E-state index is 12.3. The quantitative estimate of drug-likeness (QED) is 0.876. The number of benzene rings is 1. The van der Waals surface area contributed by atoms with Gasteiger partial charge in [-0.2, -0.15) is 0 Å². The van der Waals surface area contributed by atoms with E-state index in [1.54, 1.807) is 0 Å². The minimum absolute atomic E-state index is 0.0888. The van der Waals surface area contributed by atoms with Crippen molar-refractivity contribution in [3.8, 4) is 5.75 Å². The summed E-state index contributed by atoms with van der Waals surface area (Å²) in [7, 11) is 0. The Labute approximate surface area is 114 Å². The number of anilines is 1. The van der Waals surface area contributed by atoms with E-state index in [0.717, 1.165) is 30.8 Å². The lowest BCUT2D eigenvalue weighted by molar-refractivity contribution is -0.120. The van der Waals surface area contributed by atoms with Crippen molar-refractivity contribution >= 4 is 11.6 Å². The number of rotatable bonds is 4. The average molecular weight is 262 g/mol. The lowest BCUT2D eigenvalue weighted by Crippen LogP contribution is -2.40. The fourth-order valence-electron chi connectivity index (χ4n) is 2.46. The Hall–Kier alpha value is -1.55. The molecule has 0 spiro atoms. The van der Waals surface area contributed by atoms with Crippen molar-refractivity contribution in [3.63, 3.8) is 0 Å². The summed E-state index contributed by atoms with van der Waals surface area (Å²) < 4.78 is 5.52. The molecular weight excluding hydrogens is 240 g/mol. The Morgan fingerprint density at radius 3 is 3.00 bits per heavy atom. The first-order chi connectivity index (χ1) is 9.20. The molecule has 1 aromatic carbocycles. The van der Waals surface area contributed by atoms with E-state index in [1.807, 2.05) is 31.2 Å². The van der Waals surface area contributed by atoms with Crippen LogP contribution in [0.3, 0.4) is 0 Å². The van der Waals surface area contributed by atoms with Gasteiger partial charge in [0.1, 0.15) is 5.75 Å². The highest BCUT2D eigenvalue weighted by Crippen LogP contribution is 2.25. The Bertz CT molecular complexity index is 434. The molecule has 1 saturated heterocycles. The second kappa shape index (κ2) is 6.57. The summed E-state index contributed by atoms with van der Waals surface area (Å²) in [6.45, 7) is 5.56. The van der Waals surface area contributed by atoms with Gasteiger partial charge in [-0.05, 0) is 45.4 Å². The van der Waals surface area contributed by atoms with Gasteiger partial charge in [0.2, 0.25) is 5.91 Å². The Morgan fingerprint density at radius 2 is 2.26 bits per heavy atom. The van der Waals surface area contributed by atoms with Crippen molar-refractivity contribution in [1.29, 1.82) is 0 Å². The lowest BCUT2D eigenvalue weighted by atomic mass is 9.92. The number of carbonyl (C=O) groups excluding carboxylic acids is 1. The zero-order valence-electron chi connectivity index (χ0n) is 11.6. The summed E-state index contributed by atoms with van der Waals surface area (Å²) in [5.74, 6) is 0.923. The first-order valence-electron chi connectivity index (χ1n) is 6.96. The molecule has 2 unspecified atom stereocenters. The van der Waals surface area contributed by atoms with Gasteiger partial charge in [-0.3, -0.25) is 4.79 Å². The third-order valence-electron chi connectivity index (χ3n) is 3.44. The highest BCUT2D eigenvalue weighted by molar-refractivity contribution is 5.94. The van der Waals surface area contributed by atoms with Crippen molar-refractivity contribution in [2.45, 2.75) is 32.7 Å². The third kappa shape index (κ3) is 3.70. The van der Waals surface area contributed by atoms with Crippen LogP contribution >= 0.6 is 0 Å². The minimum atomic E-state index is 0.0888. The largest absolute Gasteiger partial charge is 0.492 e. The van der Waals surface area contributed by atoms with Crippen LogP contribution in [0, 0.1) is 5.92 Å². The van der Waals surface area contributed by atoms with Crippen LogP contribution in [-0.2, 0) is 4.79 Å². The normalized spacial score (nSPS) is 22.8. The van der Waals surface area contributed by atoms with E-state index in [1.165, 1.54) is 0 Å². The van der Waals surface area contributed by atoms with Crippen LogP contribution in [0.5, 0.6) is 5.75 Å². The topological polar surface area (TPSA) is 50.4 Å². The molecule has 2 atom stereocenters. The predicted octanol–water partition coefficient (Wildman–Crippen LogP) is 2.41. The summed E-state index contributed by atoms with van der Waals surface area (Å²) in [5.41, 5.74) is 0.764. The van der Waals surface area contributed by atoms with Gasteiger partial charge in [-0.15, -0.1) is 0 Å². The summed E-state index contributed by atoms with van der Waals surface area (Å²) in [6.07, 6.45) is 1.79. The molecule has 1 heterocycles. The molecule has 1 fully saturated rings. The van der Waals surface area contributed by atoms with Gasteiger partial charge in [0, 0.05) is 12.0 Å². The van der Waals surface area contributed by atoms with E-state index in [-0.39, 0.29) is 11.8 Å². The number of ether oxygens (including phenoxy) is 1. The molecule has 104 valence electrons. The van der Waals surface area contributed by atoms with Gasteiger partial charge in [0.25, 0.3) is 0 Å². The average Bonchev–Trinajstić information content (AvgIpc) is 2.41. The second-order valence-electron chi connectivity index (χ2n) is 4.99. The van der Waals surface area contributed by atoms with Crippen LogP contribution in [0.15, 0.2) is 24.3 Å². The second-order valence-corrected chi connectivity index (χ2v) is 4.99. The molecule has 4 nitrogen and oxygen atoms in total. The number of hydrogen-bond acceptors (Lipinski definition) is 3. The van der Waals surface area contributed by atoms with E-state index < -0.39 is 0 Å². The maximum Gasteiger partial charge on any atom is 0.227 e. The van der Waals surface area contributed by atoms with Crippen molar-refractivity contribution in [3.05, 3.63) is 24.3 Å².